The van der Waals surface area contributed by atoms with Gasteiger partial charge in [0.05, 0.1) is 0 Å². The predicted molar refractivity (Wildman–Crippen MR) is 117 cm³/mol. The quantitative estimate of drug-likeness (QED) is 0.698. The van der Waals surface area contributed by atoms with E-state index in [-0.39, 0.29) is 23.7 Å². The SMILES string of the molecule is O=C(NC1CCN(CC2CCCCCC2)CC1)C(O)(c1ncccn1)C1CCCC1. The van der Waals surface area contributed by atoms with Crippen molar-refractivity contribution in [2.75, 3.05) is 19.6 Å². The highest BCUT2D eigenvalue weighted by molar-refractivity contribution is 5.86. The molecule has 0 radical (unpaired) electrons. The molecule has 3 fully saturated rings. The number of hydrogen-bond donors (Lipinski definition) is 2. The van der Waals surface area contributed by atoms with E-state index in [2.05, 4.69) is 20.2 Å². The number of aromatic nitrogens is 2. The number of rotatable bonds is 6. The van der Waals surface area contributed by atoms with E-state index in [1.54, 1.807) is 18.5 Å². The first-order valence-corrected chi connectivity index (χ1v) is 12.2. The molecule has 2 heterocycles. The lowest BCUT2D eigenvalue weighted by atomic mass is 9.83. The van der Waals surface area contributed by atoms with Crippen LogP contribution in [-0.2, 0) is 10.4 Å². The molecule has 1 saturated heterocycles. The van der Waals surface area contributed by atoms with Crippen LogP contribution in [0.3, 0.4) is 0 Å². The third kappa shape index (κ3) is 5.02. The molecule has 2 saturated carbocycles. The number of nitrogens with zero attached hydrogens (tertiary/aromatic N) is 3. The first kappa shape index (κ1) is 21.7. The Labute approximate surface area is 180 Å². The minimum Gasteiger partial charge on any atom is -0.373 e. The zero-order valence-corrected chi connectivity index (χ0v) is 18.3. The highest BCUT2D eigenvalue weighted by Gasteiger charge is 2.49. The summed E-state index contributed by atoms with van der Waals surface area (Å²) in [6.45, 7) is 3.28. The number of aliphatic hydroxyl groups is 1. The molecular weight excluding hydrogens is 376 g/mol. The number of piperidine rings is 1. The highest BCUT2D eigenvalue weighted by atomic mass is 16.3. The van der Waals surface area contributed by atoms with Gasteiger partial charge in [0.1, 0.15) is 0 Å². The number of carbonyl (C=O) groups excluding carboxylic acids is 1. The fraction of sp³-hybridized carbons (Fsp3) is 0.792. The number of likely N-dealkylation sites (tertiary alicyclic amines) is 1. The number of amides is 1. The summed E-state index contributed by atoms with van der Waals surface area (Å²) in [6.07, 6.45) is 17.3. The van der Waals surface area contributed by atoms with E-state index in [0.29, 0.717) is 0 Å². The van der Waals surface area contributed by atoms with Crippen molar-refractivity contribution in [1.82, 2.24) is 20.2 Å². The van der Waals surface area contributed by atoms with Gasteiger partial charge in [-0.1, -0.05) is 38.5 Å². The Hall–Kier alpha value is -1.53. The summed E-state index contributed by atoms with van der Waals surface area (Å²) in [5, 5.41) is 14.7. The maximum Gasteiger partial charge on any atom is 0.260 e. The summed E-state index contributed by atoms with van der Waals surface area (Å²) in [4.78, 5) is 24.4. The van der Waals surface area contributed by atoms with Gasteiger partial charge in [0, 0.05) is 44.0 Å². The third-order valence-electron chi connectivity index (χ3n) is 7.61. The first-order chi connectivity index (χ1) is 14.7. The second-order valence-corrected chi connectivity index (χ2v) is 9.73. The molecule has 1 aliphatic heterocycles. The summed E-state index contributed by atoms with van der Waals surface area (Å²) in [7, 11) is 0. The Bertz CT molecular complexity index is 663. The van der Waals surface area contributed by atoms with Crippen LogP contribution >= 0.6 is 0 Å². The molecule has 4 rings (SSSR count). The van der Waals surface area contributed by atoms with Gasteiger partial charge in [0.2, 0.25) is 5.60 Å². The molecule has 1 aromatic heterocycles. The molecule has 6 nitrogen and oxygen atoms in total. The molecule has 0 aromatic carbocycles. The zero-order chi connectivity index (χ0) is 20.8. The van der Waals surface area contributed by atoms with Crippen LogP contribution in [0.5, 0.6) is 0 Å². The fourth-order valence-corrected chi connectivity index (χ4v) is 5.78. The van der Waals surface area contributed by atoms with E-state index in [1.807, 2.05) is 0 Å². The Morgan fingerprint density at radius 1 is 0.967 bits per heavy atom. The summed E-state index contributed by atoms with van der Waals surface area (Å²) in [5.41, 5.74) is -1.62. The maximum atomic E-state index is 13.3. The minimum atomic E-state index is -1.62. The molecule has 1 atom stereocenters. The molecule has 3 aliphatic rings. The van der Waals surface area contributed by atoms with Gasteiger partial charge in [0.25, 0.3) is 5.91 Å². The van der Waals surface area contributed by atoms with Crippen molar-refractivity contribution in [1.29, 1.82) is 0 Å². The van der Waals surface area contributed by atoms with Gasteiger partial charge in [-0.05, 0) is 50.5 Å². The second-order valence-electron chi connectivity index (χ2n) is 9.73. The molecule has 166 valence electrons. The van der Waals surface area contributed by atoms with Crippen molar-refractivity contribution in [2.45, 2.75) is 88.7 Å². The van der Waals surface area contributed by atoms with Crippen molar-refractivity contribution in [3.05, 3.63) is 24.3 Å². The van der Waals surface area contributed by atoms with Crippen LogP contribution < -0.4 is 5.32 Å². The fourth-order valence-electron chi connectivity index (χ4n) is 5.78. The van der Waals surface area contributed by atoms with Crippen LogP contribution in [0.2, 0.25) is 0 Å². The van der Waals surface area contributed by atoms with E-state index in [0.717, 1.165) is 57.5 Å². The smallest absolute Gasteiger partial charge is 0.260 e. The van der Waals surface area contributed by atoms with E-state index in [9.17, 15) is 9.90 Å². The van der Waals surface area contributed by atoms with Crippen LogP contribution in [0.25, 0.3) is 0 Å². The Morgan fingerprint density at radius 3 is 2.20 bits per heavy atom. The van der Waals surface area contributed by atoms with Crippen molar-refractivity contribution in [3.8, 4) is 0 Å². The van der Waals surface area contributed by atoms with E-state index >= 15 is 0 Å². The Balaban J connectivity index is 1.33. The average Bonchev–Trinajstić information content (AvgIpc) is 3.21. The van der Waals surface area contributed by atoms with Crippen LogP contribution in [-0.4, -0.2) is 51.6 Å². The second kappa shape index (κ2) is 10.2. The Kier molecular flexibility index (Phi) is 7.37. The number of nitrogens with one attached hydrogen (secondary N) is 1. The summed E-state index contributed by atoms with van der Waals surface area (Å²) < 4.78 is 0. The number of hydrogen-bond acceptors (Lipinski definition) is 5. The van der Waals surface area contributed by atoms with Gasteiger partial charge in [0.15, 0.2) is 5.82 Å². The monoisotopic (exact) mass is 414 g/mol. The van der Waals surface area contributed by atoms with E-state index < -0.39 is 5.60 Å². The van der Waals surface area contributed by atoms with Gasteiger partial charge in [-0.15, -0.1) is 0 Å². The average molecular weight is 415 g/mol. The van der Waals surface area contributed by atoms with Gasteiger partial charge in [-0.3, -0.25) is 4.79 Å². The lowest BCUT2D eigenvalue weighted by Gasteiger charge is -2.37. The summed E-state index contributed by atoms with van der Waals surface area (Å²) in [6, 6.07) is 1.85. The van der Waals surface area contributed by atoms with Crippen LogP contribution in [0.1, 0.15) is 82.9 Å². The largest absolute Gasteiger partial charge is 0.373 e. The highest BCUT2D eigenvalue weighted by Crippen LogP contribution is 2.39. The third-order valence-corrected chi connectivity index (χ3v) is 7.61. The van der Waals surface area contributed by atoms with Crippen LogP contribution in [0.4, 0.5) is 0 Å². The lowest BCUT2D eigenvalue weighted by molar-refractivity contribution is -0.149. The molecule has 2 N–H and O–H groups in total. The van der Waals surface area contributed by atoms with Crippen molar-refractivity contribution < 1.29 is 9.90 Å². The summed E-state index contributed by atoms with van der Waals surface area (Å²) in [5.74, 6) is 0.694. The standard InChI is InChI=1S/C24H38N4O2/c29-23(24(30,20-10-5-6-11-20)22-25-14-7-15-26-22)27-21-12-16-28(17-13-21)18-19-8-3-1-2-4-9-19/h7,14-15,19-21,30H,1-6,8-13,16-18H2,(H,27,29). The van der Waals surface area contributed by atoms with Crippen molar-refractivity contribution in [3.63, 3.8) is 0 Å². The Morgan fingerprint density at radius 2 is 1.57 bits per heavy atom. The normalized spacial score (nSPS) is 25.0. The van der Waals surface area contributed by atoms with Gasteiger partial charge >= 0.3 is 0 Å². The molecule has 0 spiro atoms. The van der Waals surface area contributed by atoms with Crippen LogP contribution in [0.15, 0.2) is 18.5 Å². The van der Waals surface area contributed by atoms with E-state index in [1.165, 1.54) is 45.1 Å². The van der Waals surface area contributed by atoms with Gasteiger partial charge in [-0.25, -0.2) is 9.97 Å². The van der Waals surface area contributed by atoms with E-state index in [4.69, 9.17) is 0 Å². The number of carbonyl (C=O) groups is 1. The van der Waals surface area contributed by atoms with Gasteiger partial charge < -0.3 is 15.3 Å². The summed E-state index contributed by atoms with van der Waals surface area (Å²) >= 11 is 0. The molecule has 0 bridgehead atoms. The topological polar surface area (TPSA) is 78.4 Å². The molecule has 30 heavy (non-hydrogen) atoms. The van der Waals surface area contributed by atoms with Crippen molar-refractivity contribution >= 4 is 5.91 Å². The molecule has 1 aromatic rings. The van der Waals surface area contributed by atoms with Crippen molar-refractivity contribution in [2.24, 2.45) is 11.8 Å². The van der Waals surface area contributed by atoms with Gasteiger partial charge in [-0.2, -0.15) is 0 Å². The first-order valence-electron chi connectivity index (χ1n) is 12.2. The lowest BCUT2D eigenvalue weighted by Crippen LogP contribution is -2.54. The molecule has 6 heteroatoms. The maximum absolute atomic E-state index is 13.3. The molecule has 1 amide bonds. The zero-order valence-electron chi connectivity index (χ0n) is 18.3. The minimum absolute atomic E-state index is 0.102. The molecule has 1 unspecified atom stereocenters. The molecular formula is C24H38N4O2. The predicted octanol–water partition coefficient (Wildman–Crippen LogP) is 3.41. The molecule has 2 aliphatic carbocycles. The van der Waals surface area contributed by atoms with Crippen LogP contribution in [0, 0.1) is 11.8 Å².